The maximum Gasteiger partial charge on any atom is 0.255 e. The second-order valence-corrected chi connectivity index (χ2v) is 9.56. The molecule has 6 nitrogen and oxygen atoms in total. The summed E-state index contributed by atoms with van der Waals surface area (Å²) in [6.07, 6.45) is 1.45. The van der Waals surface area contributed by atoms with Gasteiger partial charge in [0.1, 0.15) is 4.90 Å². The van der Waals surface area contributed by atoms with Crippen molar-refractivity contribution in [3.05, 3.63) is 27.7 Å². The van der Waals surface area contributed by atoms with Crippen molar-refractivity contribution >= 4 is 39.1 Å². The number of hydrogen-bond donors (Lipinski definition) is 0. The van der Waals surface area contributed by atoms with Gasteiger partial charge in [-0.2, -0.15) is 4.31 Å². The summed E-state index contributed by atoms with van der Waals surface area (Å²) in [6, 6.07) is 2.65. The Morgan fingerprint density at radius 1 is 1.08 bits per heavy atom. The maximum absolute atomic E-state index is 13.0. The second kappa shape index (κ2) is 7.64. The third kappa shape index (κ3) is 3.87. The van der Waals surface area contributed by atoms with Crippen LogP contribution in [0.25, 0.3) is 0 Å². The van der Waals surface area contributed by atoms with Gasteiger partial charge in [0, 0.05) is 26.2 Å². The molecule has 0 radical (unpaired) electrons. The largest absolute Gasteiger partial charge is 0.372 e. The monoisotopic (exact) mass is 420 g/mol. The van der Waals surface area contributed by atoms with E-state index in [0.717, 1.165) is 12.8 Å². The molecule has 0 aromatic heterocycles. The van der Waals surface area contributed by atoms with E-state index in [9.17, 15) is 13.2 Å². The Kier molecular flexibility index (Phi) is 5.84. The highest BCUT2D eigenvalue weighted by Gasteiger charge is 2.33. The van der Waals surface area contributed by atoms with Gasteiger partial charge >= 0.3 is 0 Å². The lowest BCUT2D eigenvalue weighted by atomic mass is 10.1. The van der Waals surface area contributed by atoms with Crippen molar-refractivity contribution in [2.75, 3.05) is 26.2 Å². The van der Waals surface area contributed by atoms with E-state index in [2.05, 4.69) is 0 Å². The molecule has 0 unspecified atom stereocenters. The number of halogens is 2. The van der Waals surface area contributed by atoms with Gasteiger partial charge in [0.25, 0.3) is 5.91 Å². The fraction of sp³-hybridized carbons (Fsp3) is 0.588. The lowest BCUT2D eigenvalue weighted by Gasteiger charge is -2.35. The highest BCUT2D eigenvalue weighted by Crippen LogP contribution is 2.33. The van der Waals surface area contributed by atoms with E-state index >= 15 is 0 Å². The summed E-state index contributed by atoms with van der Waals surface area (Å²) < 4.78 is 32.8. The van der Waals surface area contributed by atoms with Crippen molar-refractivity contribution in [1.29, 1.82) is 0 Å². The minimum Gasteiger partial charge on any atom is -0.372 e. The average Bonchev–Trinajstić information content (AvgIpc) is 3.08. The van der Waals surface area contributed by atoms with Crippen molar-refractivity contribution in [2.24, 2.45) is 0 Å². The van der Waals surface area contributed by atoms with Crippen LogP contribution < -0.4 is 0 Å². The third-order valence-corrected chi connectivity index (χ3v) is 7.32. The zero-order valence-electron chi connectivity index (χ0n) is 14.7. The van der Waals surface area contributed by atoms with Crippen molar-refractivity contribution in [2.45, 2.75) is 43.8 Å². The Hall–Kier alpha value is -0.860. The lowest BCUT2D eigenvalue weighted by Crippen LogP contribution is -2.48. The van der Waals surface area contributed by atoms with Crippen LogP contribution in [0.5, 0.6) is 0 Å². The fourth-order valence-electron chi connectivity index (χ4n) is 3.47. The molecule has 0 aliphatic carbocycles. The topological polar surface area (TPSA) is 66.9 Å². The van der Waals surface area contributed by atoms with Gasteiger partial charge in [0.05, 0.1) is 27.8 Å². The fourth-order valence-corrected chi connectivity index (χ4v) is 5.82. The highest BCUT2D eigenvalue weighted by molar-refractivity contribution is 7.89. The van der Waals surface area contributed by atoms with Gasteiger partial charge in [-0.3, -0.25) is 4.79 Å². The second-order valence-electron chi connectivity index (χ2n) is 6.84. The molecule has 2 heterocycles. The molecule has 1 amide bonds. The molecule has 3 rings (SSSR count). The number of carbonyl (C=O) groups excluding carboxylic acids is 1. The molecule has 26 heavy (non-hydrogen) atoms. The van der Waals surface area contributed by atoms with Crippen molar-refractivity contribution in [3.63, 3.8) is 0 Å². The normalized spacial score (nSPS) is 24.8. The van der Waals surface area contributed by atoms with E-state index in [-0.39, 0.29) is 38.6 Å². The van der Waals surface area contributed by atoms with Crippen LogP contribution in [-0.4, -0.2) is 61.9 Å². The number of sulfonamides is 1. The molecule has 0 N–H and O–H groups in total. The first-order valence-corrected chi connectivity index (χ1v) is 10.8. The molecule has 0 saturated carbocycles. The molecule has 1 aromatic carbocycles. The van der Waals surface area contributed by atoms with Gasteiger partial charge in [0.2, 0.25) is 10.0 Å². The number of amides is 1. The van der Waals surface area contributed by atoms with Crippen molar-refractivity contribution in [3.8, 4) is 0 Å². The van der Waals surface area contributed by atoms with E-state index in [1.54, 1.807) is 4.90 Å². The standard InChI is InChI=1S/C17H22Cl2N2O4S/c1-11-9-20(10-12(2)25-11)17(22)13-7-16(15(19)8-14(13)18)26(23,24)21-5-3-4-6-21/h7-8,11-12H,3-6,9-10H2,1-2H3/t11-,12-/m1/s1. The van der Waals surface area contributed by atoms with E-state index in [1.165, 1.54) is 16.4 Å². The van der Waals surface area contributed by atoms with Gasteiger partial charge in [-0.1, -0.05) is 23.2 Å². The Morgan fingerprint density at radius 2 is 1.65 bits per heavy atom. The van der Waals surface area contributed by atoms with Gasteiger partial charge < -0.3 is 9.64 Å². The molecule has 9 heteroatoms. The molecular formula is C17H22Cl2N2O4S. The van der Waals surface area contributed by atoms with Crippen LogP contribution in [-0.2, 0) is 14.8 Å². The van der Waals surface area contributed by atoms with Crippen molar-refractivity contribution in [1.82, 2.24) is 9.21 Å². The van der Waals surface area contributed by atoms with Gasteiger partial charge in [-0.15, -0.1) is 0 Å². The first-order chi connectivity index (χ1) is 12.2. The number of nitrogens with zero attached hydrogens (tertiary/aromatic N) is 2. The summed E-state index contributed by atoms with van der Waals surface area (Å²) in [6.45, 7) is 5.56. The predicted octanol–water partition coefficient (Wildman–Crippen LogP) is 3.03. The molecule has 2 fully saturated rings. The molecule has 2 saturated heterocycles. The molecule has 0 spiro atoms. The van der Waals surface area contributed by atoms with Crippen LogP contribution in [0.15, 0.2) is 17.0 Å². The van der Waals surface area contributed by atoms with Gasteiger partial charge in [-0.05, 0) is 38.8 Å². The first kappa shape index (κ1) is 19.9. The van der Waals surface area contributed by atoms with Crippen LogP contribution in [0.2, 0.25) is 10.0 Å². The number of carbonyl (C=O) groups is 1. The third-order valence-electron chi connectivity index (χ3n) is 4.64. The number of rotatable bonds is 3. The minimum absolute atomic E-state index is 0.0298. The molecule has 2 aliphatic heterocycles. The lowest BCUT2D eigenvalue weighted by molar-refractivity contribution is -0.0586. The van der Waals surface area contributed by atoms with Crippen molar-refractivity contribution < 1.29 is 17.9 Å². The minimum atomic E-state index is -3.75. The Morgan fingerprint density at radius 3 is 2.23 bits per heavy atom. The van der Waals surface area contributed by atoms with Crippen LogP contribution in [0.1, 0.15) is 37.0 Å². The number of ether oxygens (including phenoxy) is 1. The zero-order valence-corrected chi connectivity index (χ0v) is 17.1. The SMILES string of the molecule is C[C@@H]1CN(C(=O)c2cc(S(=O)(=O)N3CCCC3)c(Cl)cc2Cl)C[C@@H](C)O1. The summed E-state index contributed by atoms with van der Waals surface area (Å²) >= 11 is 12.4. The van der Waals surface area contributed by atoms with E-state index in [0.29, 0.717) is 26.2 Å². The summed E-state index contributed by atoms with van der Waals surface area (Å²) in [5.74, 6) is -0.313. The summed E-state index contributed by atoms with van der Waals surface area (Å²) in [5.41, 5.74) is 0.148. The van der Waals surface area contributed by atoms with Crippen LogP contribution >= 0.6 is 23.2 Å². The van der Waals surface area contributed by atoms with Crippen LogP contribution in [0.4, 0.5) is 0 Å². The Balaban J connectivity index is 1.97. The molecule has 2 atom stereocenters. The van der Waals surface area contributed by atoms with Crippen LogP contribution in [0, 0.1) is 0 Å². The predicted molar refractivity (Wildman–Crippen MR) is 100 cm³/mol. The van der Waals surface area contributed by atoms with E-state index in [4.69, 9.17) is 27.9 Å². The summed E-state index contributed by atoms with van der Waals surface area (Å²) in [7, 11) is -3.75. The molecule has 2 aliphatic rings. The number of morpholine rings is 1. The van der Waals surface area contributed by atoms with E-state index < -0.39 is 10.0 Å². The quantitative estimate of drug-likeness (QED) is 0.753. The van der Waals surface area contributed by atoms with Gasteiger partial charge in [-0.25, -0.2) is 8.42 Å². The number of benzene rings is 1. The Labute approximate surface area is 164 Å². The average molecular weight is 421 g/mol. The first-order valence-electron chi connectivity index (χ1n) is 8.64. The zero-order chi connectivity index (χ0) is 19.1. The molecule has 1 aromatic rings. The maximum atomic E-state index is 13.0. The van der Waals surface area contributed by atoms with E-state index in [1.807, 2.05) is 13.8 Å². The number of hydrogen-bond acceptors (Lipinski definition) is 4. The molecular weight excluding hydrogens is 399 g/mol. The van der Waals surface area contributed by atoms with Gasteiger partial charge in [0.15, 0.2) is 0 Å². The summed E-state index contributed by atoms with van der Waals surface area (Å²) in [4.78, 5) is 14.5. The molecule has 0 bridgehead atoms. The molecule has 144 valence electrons. The van der Waals surface area contributed by atoms with Crippen LogP contribution in [0.3, 0.4) is 0 Å². The highest BCUT2D eigenvalue weighted by atomic mass is 35.5. The summed E-state index contributed by atoms with van der Waals surface area (Å²) in [5, 5.41) is 0.175. The Bertz CT molecular complexity index is 799. The smallest absolute Gasteiger partial charge is 0.255 e.